The number of hydrogen-bond donors (Lipinski definition) is 2. The zero-order chi connectivity index (χ0) is 16.7. The van der Waals surface area contributed by atoms with Crippen molar-refractivity contribution in [1.82, 2.24) is 5.32 Å². The zero-order valence-corrected chi connectivity index (χ0v) is 13.2. The second kappa shape index (κ2) is 8.13. The van der Waals surface area contributed by atoms with E-state index in [1.807, 2.05) is 61.5 Å². The molecule has 0 saturated carbocycles. The highest BCUT2D eigenvalue weighted by Gasteiger charge is 2.19. The largest absolute Gasteiger partial charge is 0.481 e. The Morgan fingerprint density at radius 3 is 2.35 bits per heavy atom. The van der Waals surface area contributed by atoms with Crippen LogP contribution in [0.25, 0.3) is 0 Å². The first kappa shape index (κ1) is 16.7. The van der Waals surface area contributed by atoms with Crippen molar-refractivity contribution >= 4 is 11.9 Å². The van der Waals surface area contributed by atoms with E-state index in [0.717, 1.165) is 16.7 Å². The van der Waals surface area contributed by atoms with Gasteiger partial charge in [-0.25, -0.2) is 0 Å². The Morgan fingerprint density at radius 2 is 1.70 bits per heavy atom. The van der Waals surface area contributed by atoms with Crippen LogP contribution in [-0.2, 0) is 16.0 Å². The molecule has 1 unspecified atom stereocenters. The summed E-state index contributed by atoms with van der Waals surface area (Å²) in [7, 11) is 0. The van der Waals surface area contributed by atoms with Gasteiger partial charge >= 0.3 is 5.97 Å². The van der Waals surface area contributed by atoms with Crippen molar-refractivity contribution < 1.29 is 14.7 Å². The highest BCUT2D eigenvalue weighted by Crippen LogP contribution is 2.21. The molecule has 120 valence electrons. The Hall–Kier alpha value is -2.62. The van der Waals surface area contributed by atoms with Crippen LogP contribution in [0.3, 0.4) is 0 Å². The van der Waals surface area contributed by atoms with E-state index >= 15 is 0 Å². The van der Waals surface area contributed by atoms with Gasteiger partial charge in [0.15, 0.2) is 0 Å². The predicted molar refractivity (Wildman–Crippen MR) is 89.1 cm³/mol. The van der Waals surface area contributed by atoms with Crippen LogP contribution in [0.2, 0.25) is 0 Å². The number of nitrogens with one attached hydrogen (secondary N) is 1. The first-order chi connectivity index (χ1) is 11.1. The molecule has 4 nitrogen and oxygen atoms in total. The standard InChI is InChI=1S/C19H21NO3/c1-14-7-5-6-10-16(14)17(13-19(22)23)20-18(21)12-11-15-8-3-2-4-9-15/h2-10,17H,11-13H2,1H3,(H,20,21)(H,22,23). The number of carboxylic acid groups (broad SMARTS) is 1. The lowest BCUT2D eigenvalue weighted by Crippen LogP contribution is -2.30. The molecule has 1 amide bonds. The van der Waals surface area contributed by atoms with Crippen LogP contribution < -0.4 is 5.32 Å². The molecule has 2 N–H and O–H groups in total. The van der Waals surface area contributed by atoms with Crippen molar-refractivity contribution in [3.8, 4) is 0 Å². The van der Waals surface area contributed by atoms with Gasteiger partial charge in [0, 0.05) is 6.42 Å². The number of benzene rings is 2. The Morgan fingerprint density at radius 1 is 1.04 bits per heavy atom. The number of carbonyl (C=O) groups is 2. The minimum atomic E-state index is -0.929. The summed E-state index contributed by atoms with van der Waals surface area (Å²) in [6, 6.07) is 16.8. The molecule has 2 rings (SSSR count). The van der Waals surface area contributed by atoms with Crippen molar-refractivity contribution in [3.63, 3.8) is 0 Å². The van der Waals surface area contributed by atoms with Gasteiger partial charge in [-0.15, -0.1) is 0 Å². The molecule has 0 spiro atoms. The number of amides is 1. The average molecular weight is 311 g/mol. The van der Waals surface area contributed by atoms with Gasteiger partial charge in [-0.3, -0.25) is 9.59 Å². The number of carbonyl (C=O) groups excluding carboxylic acids is 1. The second-order valence-corrected chi connectivity index (χ2v) is 5.56. The maximum Gasteiger partial charge on any atom is 0.305 e. The first-order valence-corrected chi connectivity index (χ1v) is 7.67. The van der Waals surface area contributed by atoms with Gasteiger partial charge in [0.25, 0.3) is 0 Å². The van der Waals surface area contributed by atoms with Crippen LogP contribution >= 0.6 is 0 Å². The van der Waals surface area contributed by atoms with E-state index in [2.05, 4.69) is 5.32 Å². The van der Waals surface area contributed by atoms with Crippen molar-refractivity contribution in [1.29, 1.82) is 0 Å². The van der Waals surface area contributed by atoms with Crippen molar-refractivity contribution in [2.75, 3.05) is 0 Å². The minimum absolute atomic E-state index is 0.123. The highest BCUT2D eigenvalue weighted by molar-refractivity contribution is 5.78. The molecule has 1 atom stereocenters. The third kappa shape index (κ3) is 5.25. The topological polar surface area (TPSA) is 66.4 Å². The molecular formula is C19H21NO3. The summed E-state index contributed by atoms with van der Waals surface area (Å²) in [6.45, 7) is 1.92. The lowest BCUT2D eigenvalue weighted by molar-refractivity contribution is -0.137. The van der Waals surface area contributed by atoms with E-state index in [1.54, 1.807) is 0 Å². The van der Waals surface area contributed by atoms with Crippen LogP contribution in [-0.4, -0.2) is 17.0 Å². The van der Waals surface area contributed by atoms with Crippen LogP contribution in [0.5, 0.6) is 0 Å². The van der Waals surface area contributed by atoms with Gasteiger partial charge in [0.1, 0.15) is 0 Å². The summed E-state index contributed by atoms with van der Waals surface area (Å²) >= 11 is 0. The van der Waals surface area contributed by atoms with Gasteiger partial charge in [-0.2, -0.15) is 0 Å². The highest BCUT2D eigenvalue weighted by atomic mass is 16.4. The van der Waals surface area contributed by atoms with E-state index in [1.165, 1.54) is 0 Å². The molecule has 0 radical (unpaired) electrons. The number of aryl methyl sites for hydroxylation is 2. The summed E-state index contributed by atoms with van der Waals surface area (Å²) in [6.07, 6.45) is 0.855. The molecule has 23 heavy (non-hydrogen) atoms. The maximum atomic E-state index is 12.2. The SMILES string of the molecule is Cc1ccccc1C(CC(=O)O)NC(=O)CCc1ccccc1. The summed E-state index contributed by atoms with van der Waals surface area (Å²) < 4.78 is 0. The normalized spacial score (nSPS) is 11.7. The van der Waals surface area contributed by atoms with Gasteiger partial charge in [0.05, 0.1) is 12.5 Å². The number of hydrogen-bond acceptors (Lipinski definition) is 2. The van der Waals surface area contributed by atoms with E-state index in [0.29, 0.717) is 12.8 Å². The summed E-state index contributed by atoms with van der Waals surface area (Å²) in [5.41, 5.74) is 2.92. The third-order valence-electron chi connectivity index (χ3n) is 3.76. The predicted octanol–water partition coefficient (Wildman–Crippen LogP) is 3.26. The minimum Gasteiger partial charge on any atom is -0.481 e. The smallest absolute Gasteiger partial charge is 0.305 e. The lowest BCUT2D eigenvalue weighted by atomic mass is 9.98. The van der Waals surface area contributed by atoms with Crippen LogP contribution in [0.4, 0.5) is 0 Å². The molecule has 0 fully saturated rings. The van der Waals surface area contributed by atoms with E-state index in [-0.39, 0.29) is 12.3 Å². The monoisotopic (exact) mass is 311 g/mol. The molecule has 0 aliphatic heterocycles. The fourth-order valence-corrected chi connectivity index (χ4v) is 2.56. The molecule has 0 heterocycles. The molecule has 2 aromatic carbocycles. The fraction of sp³-hybridized carbons (Fsp3) is 0.263. The molecule has 0 aliphatic carbocycles. The fourth-order valence-electron chi connectivity index (χ4n) is 2.56. The Balaban J connectivity index is 2.01. The first-order valence-electron chi connectivity index (χ1n) is 7.67. The molecule has 0 bridgehead atoms. The van der Waals surface area contributed by atoms with Crippen molar-refractivity contribution in [2.24, 2.45) is 0 Å². The third-order valence-corrected chi connectivity index (χ3v) is 3.76. The van der Waals surface area contributed by atoms with Gasteiger partial charge in [0.2, 0.25) is 5.91 Å². The Kier molecular flexibility index (Phi) is 5.92. The maximum absolute atomic E-state index is 12.2. The quantitative estimate of drug-likeness (QED) is 0.825. The molecule has 2 aromatic rings. The van der Waals surface area contributed by atoms with Gasteiger partial charge in [-0.1, -0.05) is 54.6 Å². The number of carboxylic acids is 1. The van der Waals surface area contributed by atoms with Crippen molar-refractivity contribution in [2.45, 2.75) is 32.2 Å². The Labute approximate surface area is 136 Å². The second-order valence-electron chi connectivity index (χ2n) is 5.56. The van der Waals surface area contributed by atoms with Gasteiger partial charge in [-0.05, 0) is 30.0 Å². The summed E-state index contributed by atoms with van der Waals surface area (Å²) in [4.78, 5) is 23.3. The van der Waals surface area contributed by atoms with Crippen LogP contribution in [0.15, 0.2) is 54.6 Å². The Bertz CT molecular complexity index is 667. The van der Waals surface area contributed by atoms with Crippen LogP contribution in [0.1, 0.15) is 35.6 Å². The molecule has 0 aromatic heterocycles. The summed E-state index contributed by atoms with van der Waals surface area (Å²) in [5.74, 6) is -1.06. The molecular weight excluding hydrogens is 290 g/mol. The van der Waals surface area contributed by atoms with Crippen molar-refractivity contribution in [3.05, 3.63) is 71.3 Å². The van der Waals surface area contributed by atoms with E-state index in [9.17, 15) is 9.59 Å². The average Bonchev–Trinajstić information content (AvgIpc) is 2.53. The number of aliphatic carboxylic acids is 1. The van der Waals surface area contributed by atoms with Gasteiger partial charge < -0.3 is 10.4 Å². The lowest BCUT2D eigenvalue weighted by Gasteiger charge is -2.19. The molecule has 0 saturated heterocycles. The van der Waals surface area contributed by atoms with E-state index < -0.39 is 12.0 Å². The molecule has 0 aliphatic rings. The molecule has 4 heteroatoms. The number of rotatable bonds is 7. The van der Waals surface area contributed by atoms with Crippen LogP contribution in [0, 0.1) is 6.92 Å². The zero-order valence-electron chi connectivity index (χ0n) is 13.2. The summed E-state index contributed by atoms with van der Waals surface area (Å²) in [5, 5.41) is 12.0. The van der Waals surface area contributed by atoms with E-state index in [4.69, 9.17) is 5.11 Å².